The fourth-order valence-corrected chi connectivity index (χ4v) is 1.46. The zero-order chi connectivity index (χ0) is 11.5. The molecule has 6 heteroatoms. The second kappa shape index (κ2) is 4.60. The molecule has 0 bridgehead atoms. The van der Waals surface area contributed by atoms with Crippen LogP contribution in [0.3, 0.4) is 0 Å². The summed E-state index contributed by atoms with van der Waals surface area (Å²) in [7, 11) is 0. The van der Waals surface area contributed by atoms with Crippen molar-refractivity contribution in [2.45, 2.75) is 0 Å². The number of H-pyrrole nitrogens is 1. The molecule has 16 heavy (non-hydrogen) atoms. The maximum absolute atomic E-state index is 12.6. The van der Waals surface area contributed by atoms with Crippen LogP contribution in [0.2, 0.25) is 0 Å². The van der Waals surface area contributed by atoms with Crippen LogP contribution in [0.15, 0.2) is 35.4 Å². The molecule has 0 radical (unpaired) electrons. The third kappa shape index (κ3) is 2.38. The van der Waals surface area contributed by atoms with Crippen LogP contribution in [-0.4, -0.2) is 9.97 Å². The first-order valence-corrected chi connectivity index (χ1v) is 5.41. The van der Waals surface area contributed by atoms with Crippen LogP contribution in [0.1, 0.15) is 0 Å². The molecule has 82 valence electrons. The Kier molecular flexibility index (Phi) is 3.18. The molecule has 4 nitrogen and oxygen atoms in total. The molecule has 1 aromatic heterocycles. The zero-order valence-corrected chi connectivity index (χ0v) is 10.1. The highest BCUT2D eigenvalue weighted by molar-refractivity contribution is 14.1. The molecule has 0 unspecified atom stereocenters. The predicted molar refractivity (Wildman–Crippen MR) is 64.0 cm³/mol. The highest BCUT2D eigenvalue weighted by atomic mass is 127. The standard InChI is InChI=1S/C10H6FIN2O2/c11-6-1-3-7(4-2-6)16-10-8(12)9(15)13-5-14-10/h1-5H,(H,13,14,15). The van der Waals surface area contributed by atoms with Gasteiger partial charge in [-0.2, -0.15) is 0 Å². The molecule has 0 amide bonds. The lowest BCUT2D eigenvalue weighted by Gasteiger charge is -2.04. The Morgan fingerprint density at radius 1 is 1.31 bits per heavy atom. The number of ether oxygens (including phenoxy) is 1. The van der Waals surface area contributed by atoms with Crippen molar-refractivity contribution in [3.63, 3.8) is 0 Å². The molecule has 1 aromatic carbocycles. The summed E-state index contributed by atoms with van der Waals surface area (Å²) >= 11 is 1.83. The molecule has 1 heterocycles. The third-order valence-electron chi connectivity index (χ3n) is 1.79. The van der Waals surface area contributed by atoms with E-state index in [2.05, 4.69) is 9.97 Å². The number of aromatic amines is 1. The molecule has 0 aliphatic carbocycles. The highest BCUT2D eigenvalue weighted by Gasteiger charge is 2.07. The van der Waals surface area contributed by atoms with Crippen LogP contribution in [0, 0.1) is 9.39 Å². The van der Waals surface area contributed by atoms with E-state index >= 15 is 0 Å². The molecular weight excluding hydrogens is 326 g/mol. The topological polar surface area (TPSA) is 55.0 Å². The second-order valence-corrected chi connectivity index (χ2v) is 3.99. The Morgan fingerprint density at radius 2 is 2.00 bits per heavy atom. The number of hydrogen-bond acceptors (Lipinski definition) is 3. The van der Waals surface area contributed by atoms with Crippen molar-refractivity contribution in [3.05, 3.63) is 50.3 Å². The van der Waals surface area contributed by atoms with E-state index in [1.165, 1.54) is 30.6 Å². The number of hydrogen-bond donors (Lipinski definition) is 1. The van der Waals surface area contributed by atoms with Gasteiger partial charge in [0.25, 0.3) is 5.56 Å². The maximum Gasteiger partial charge on any atom is 0.268 e. The summed E-state index contributed by atoms with van der Waals surface area (Å²) < 4.78 is 18.3. The fourth-order valence-electron chi connectivity index (χ4n) is 1.05. The van der Waals surface area contributed by atoms with Crippen LogP contribution in [0.4, 0.5) is 4.39 Å². The molecule has 2 rings (SSSR count). The molecule has 2 aromatic rings. The van der Waals surface area contributed by atoms with Gasteiger partial charge >= 0.3 is 0 Å². The van der Waals surface area contributed by atoms with Crippen molar-refractivity contribution in [1.29, 1.82) is 0 Å². The molecule has 0 atom stereocenters. The first-order chi connectivity index (χ1) is 7.66. The molecule has 0 fully saturated rings. The van der Waals surface area contributed by atoms with Crippen molar-refractivity contribution < 1.29 is 9.13 Å². The Balaban J connectivity index is 2.30. The van der Waals surface area contributed by atoms with E-state index in [0.29, 0.717) is 9.32 Å². The van der Waals surface area contributed by atoms with Gasteiger partial charge < -0.3 is 9.72 Å². The smallest absolute Gasteiger partial charge is 0.268 e. The monoisotopic (exact) mass is 332 g/mol. The van der Waals surface area contributed by atoms with Crippen molar-refractivity contribution in [2.24, 2.45) is 0 Å². The van der Waals surface area contributed by atoms with Crippen LogP contribution < -0.4 is 10.3 Å². The summed E-state index contributed by atoms with van der Waals surface area (Å²) in [6, 6.07) is 5.48. The molecular formula is C10H6FIN2O2. The first kappa shape index (κ1) is 11.1. The Bertz CT molecular complexity index is 553. The summed E-state index contributed by atoms with van der Waals surface area (Å²) in [5.74, 6) is 0.286. The second-order valence-electron chi connectivity index (χ2n) is 2.91. The first-order valence-electron chi connectivity index (χ1n) is 4.33. The van der Waals surface area contributed by atoms with Crippen LogP contribution in [0.25, 0.3) is 0 Å². The summed E-state index contributed by atoms with van der Waals surface area (Å²) in [5.41, 5.74) is -0.271. The summed E-state index contributed by atoms with van der Waals surface area (Å²) in [6.45, 7) is 0. The van der Waals surface area contributed by atoms with E-state index < -0.39 is 0 Å². The third-order valence-corrected chi connectivity index (χ3v) is 2.74. The Hall–Kier alpha value is -1.44. The number of nitrogens with zero attached hydrogens (tertiary/aromatic N) is 1. The lowest BCUT2D eigenvalue weighted by atomic mass is 10.3. The quantitative estimate of drug-likeness (QED) is 0.859. The van der Waals surface area contributed by atoms with Gasteiger partial charge in [-0.3, -0.25) is 4.79 Å². The van der Waals surface area contributed by atoms with E-state index in [9.17, 15) is 9.18 Å². The van der Waals surface area contributed by atoms with E-state index in [1.807, 2.05) is 22.6 Å². The largest absolute Gasteiger partial charge is 0.438 e. The van der Waals surface area contributed by atoms with E-state index in [-0.39, 0.29) is 17.3 Å². The van der Waals surface area contributed by atoms with E-state index in [1.54, 1.807) is 0 Å². The van der Waals surface area contributed by atoms with Gasteiger partial charge in [-0.25, -0.2) is 9.37 Å². The minimum absolute atomic E-state index is 0.205. The van der Waals surface area contributed by atoms with Crippen molar-refractivity contribution >= 4 is 22.6 Å². The lowest BCUT2D eigenvalue weighted by Crippen LogP contribution is -2.11. The average Bonchev–Trinajstić information content (AvgIpc) is 2.28. The minimum Gasteiger partial charge on any atom is -0.438 e. The molecule has 0 aliphatic rings. The van der Waals surface area contributed by atoms with Gasteiger partial charge in [0.2, 0.25) is 5.88 Å². The van der Waals surface area contributed by atoms with Gasteiger partial charge in [0, 0.05) is 0 Å². The lowest BCUT2D eigenvalue weighted by molar-refractivity contribution is 0.455. The zero-order valence-electron chi connectivity index (χ0n) is 7.91. The molecule has 1 N–H and O–H groups in total. The Labute approximate surface area is 104 Å². The van der Waals surface area contributed by atoms with Crippen LogP contribution in [0.5, 0.6) is 11.6 Å². The van der Waals surface area contributed by atoms with Crippen molar-refractivity contribution in [1.82, 2.24) is 9.97 Å². The van der Waals surface area contributed by atoms with Gasteiger partial charge in [0.05, 0.1) is 6.33 Å². The van der Waals surface area contributed by atoms with Gasteiger partial charge in [-0.05, 0) is 46.9 Å². The van der Waals surface area contributed by atoms with Gasteiger partial charge in [-0.1, -0.05) is 0 Å². The summed E-state index contributed by atoms with van der Waals surface area (Å²) in [6.07, 6.45) is 1.25. The summed E-state index contributed by atoms with van der Waals surface area (Å²) in [5, 5.41) is 0. The SMILES string of the molecule is O=c1[nH]cnc(Oc2ccc(F)cc2)c1I. The predicted octanol–water partition coefficient (Wildman–Crippen LogP) is 2.31. The number of benzene rings is 1. The normalized spacial score (nSPS) is 10.1. The van der Waals surface area contributed by atoms with Gasteiger partial charge in [0.1, 0.15) is 15.1 Å². The number of nitrogens with one attached hydrogen (secondary N) is 1. The molecule has 0 aliphatic heterocycles. The Morgan fingerprint density at radius 3 is 2.69 bits per heavy atom. The molecule has 0 saturated carbocycles. The van der Waals surface area contributed by atoms with Crippen molar-refractivity contribution in [3.8, 4) is 11.6 Å². The highest BCUT2D eigenvalue weighted by Crippen LogP contribution is 2.21. The molecule has 0 spiro atoms. The van der Waals surface area contributed by atoms with Crippen LogP contribution >= 0.6 is 22.6 Å². The van der Waals surface area contributed by atoms with E-state index in [0.717, 1.165) is 0 Å². The minimum atomic E-state index is -0.346. The van der Waals surface area contributed by atoms with Gasteiger partial charge in [0.15, 0.2) is 0 Å². The summed E-state index contributed by atoms with van der Waals surface area (Å²) in [4.78, 5) is 17.5. The van der Waals surface area contributed by atoms with Crippen molar-refractivity contribution in [2.75, 3.05) is 0 Å². The maximum atomic E-state index is 12.6. The number of rotatable bonds is 2. The van der Waals surface area contributed by atoms with Gasteiger partial charge in [-0.15, -0.1) is 0 Å². The fraction of sp³-hybridized carbons (Fsp3) is 0. The van der Waals surface area contributed by atoms with E-state index in [4.69, 9.17) is 4.74 Å². The number of aromatic nitrogens is 2. The molecule has 0 saturated heterocycles. The van der Waals surface area contributed by atoms with Crippen LogP contribution in [-0.2, 0) is 0 Å². The number of halogens is 2. The average molecular weight is 332 g/mol.